The third-order valence-electron chi connectivity index (χ3n) is 6.56. The second-order valence-corrected chi connectivity index (χ2v) is 12.5. The quantitative estimate of drug-likeness (QED) is 0.210. The molecule has 1 unspecified atom stereocenters. The maximum absolute atomic E-state index is 14.3. The summed E-state index contributed by atoms with van der Waals surface area (Å²) in [6.45, 7) is -0.681. The number of anilines is 1. The van der Waals surface area contributed by atoms with Crippen LogP contribution in [0, 0.1) is 0 Å². The highest BCUT2D eigenvalue weighted by molar-refractivity contribution is 7.92. The lowest BCUT2D eigenvalue weighted by molar-refractivity contribution is -0.139. The summed E-state index contributed by atoms with van der Waals surface area (Å²) >= 11 is 19.0. The first-order valence-corrected chi connectivity index (χ1v) is 15.5. The molecule has 0 heterocycles. The van der Waals surface area contributed by atoms with Crippen LogP contribution in [0.15, 0.2) is 108 Å². The molecule has 0 aromatic heterocycles. The fraction of sp³-hybridized carbons (Fsp3) is 0.161. The topological polar surface area (TPSA) is 86.8 Å². The van der Waals surface area contributed by atoms with E-state index in [0.29, 0.717) is 10.6 Å². The van der Waals surface area contributed by atoms with Crippen LogP contribution in [0.5, 0.6) is 0 Å². The SMILES string of the molecule is CNC(=O)C(Cc1ccccc1)N(Cc1ccccc1Cl)C(=O)CN(c1cc(Cl)cc(Cl)c1)S(=O)(=O)c1ccccc1. The van der Waals surface area contributed by atoms with E-state index in [1.165, 1.54) is 42.3 Å². The Morgan fingerprint density at radius 2 is 1.38 bits per heavy atom. The Balaban J connectivity index is 1.81. The molecule has 1 atom stereocenters. The van der Waals surface area contributed by atoms with Crippen molar-refractivity contribution < 1.29 is 18.0 Å². The number of rotatable bonds is 11. The molecule has 7 nitrogen and oxygen atoms in total. The van der Waals surface area contributed by atoms with E-state index in [9.17, 15) is 18.0 Å². The van der Waals surface area contributed by atoms with Gasteiger partial charge in [0.1, 0.15) is 12.6 Å². The summed E-state index contributed by atoms with van der Waals surface area (Å²) in [5.41, 5.74) is 1.51. The van der Waals surface area contributed by atoms with Crippen molar-refractivity contribution >= 4 is 62.3 Å². The molecule has 218 valence electrons. The van der Waals surface area contributed by atoms with Gasteiger partial charge in [-0.3, -0.25) is 13.9 Å². The zero-order chi connectivity index (χ0) is 30.3. The minimum Gasteiger partial charge on any atom is -0.357 e. The molecule has 4 rings (SSSR count). The summed E-state index contributed by atoms with van der Waals surface area (Å²) in [5, 5.41) is 3.43. The largest absolute Gasteiger partial charge is 0.357 e. The van der Waals surface area contributed by atoms with Gasteiger partial charge in [0, 0.05) is 35.1 Å². The van der Waals surface area contributed by atoms with E-state index in [0.717, 1.165) is 9.87 Å². The van der Waals surface area contributed by atoms with Gasteiger partial charge in [0.2, 0.25) is 11.8 Å². The van der Waals surface area contributed by atoms with Crippen LogP contribution in [0.3, 0.4) is 0 Å². The molecule has 0 saturated carbocycles. The van der Waals surface area contributed by atoms with Crippen LogP contribution in [-0.2, 0) is 32.6 Å². The second-order valence-electron chi connectivity index (χ2n) is 9.39. The van der Waals surface area contributed by atoms with Crippen molar-refractivity contribution in [2.75, 3.05) is 17.9 Å². The van der Waals surface area contributed by atoms with Crippen molar-refractivity contribution in [2.24, 2.45) is 0 Å². The molecule has 4 aromatic rings. The normalized spacial score (nSPS) is 11.9. The Kier molecular flexibility index (Phi) is 10.5. The van der Waals surface area contributed by atoms with Crippen LogP contribution in [0.25, 0.3) is 0 Å². The summed E-state index contributed by atoms with van der Waals surface area (Å²) in [6.07, 6.45) is 0.186. The Hall–Kier alpha value is -3.56. The predicted molar refractivity (Wildman–Crippen MR) is 167 cm³/mol. The lowest BCUT2D eigenvalue weighted by Gasteiger charge is -2.33. The number of nitrogens with zero attached hydrogens (tertiary/aromatic N) is 2. The van der Waals surface area contributed by atoms with Gasteiger partial charge in [0.15, 0.2) is 0 Å². The lowest BCUT2D eigenvalue weighted by atomic mass is 10.0. The van der Waals surface area contributed by atoms with Crippen molar-refractivity contribution in [3.63, 3.8) is 0 Å². The first kappa shape index (κ1) is 31.4. The lowest BCUT2D eigenvalue weighted by Crippen LogP contribution is -2.53. The first-order chi connectivity index (χ1) is 20.1. The van der Waals surface area contributed by atoms with Crippen LogP contribution in [0.2, 0.25) is 15.1 Å². The van der Waals surface area contributed by atoms with E-state index in [-0.39, 0.29) is 33.6 Å². The standard InChI is InChI=1S/C31H28Cl3N3O4S/c1-35-31(39)29(16-22-10-4-2-5-11-22)36(20-23-12-8-9-15-28(23)34)30(38)21-37(26-18-24(32)17-25(33)19-26)42(40,41)27-13-6-3-7-14-27/h2-15,17-19,29H,16,20-21H2,1H3,(H,35,39). The van der Waals surface area contributed by atoms with Crippen molar-refractivity contribution in [3.05, 3.63) is 129 Å². The number of carbonyl (C=O) groups excluding carboxylic acids is 2. The van der Waals surface area contributed by atoms with Gasteiger partial charge in [-0.2, -0.15) is 0 Å². The Bertz CT molecular complexity index is 1630. The second kappa shape index (κ2) is 14.1. The minimum atomic E-state index is -4.27. The van der Waals surface area contributed by atoms with Gasteiger partial charge in [-0.1, -0.05) is 102 Å². The third-order valence-corrected chi connectivity index (χ3v) is 9.15. The number of hydrogen-bond donors (Lipinski definition) is 1. The molecule has 0 spiro atoms. The molecule has 11 heteroatoms. The van der Waals surface area contributed by atoms with Crippen LogP contribution < -0.4 is 9.62 Å². The molecule has 0 radical (unpaired) electrons. The maximum atomic E-state index is 14.3. The number of benzene rings is 4. The molecule has 1 N–H and O–H groups in total. The highest BCUT2D eigenvalue weighted by Crippen LogP contribution is 2.30. The van der Waals surface area contributed by atoms with Crippen molar-refractivity contribution in [3.8, 4) is 0 Å². The highest BCUT2D eigenvalue weighted by atomic mass is 35.5. The Morgan fingerprint density at radius 3 is 1.98 bits per heavy atom. The summed E-state index contributed by atoms with van der Waals surface area (Å²) < 4.78 is 28.8. The molecule has 42 heavy (non-hydrogen) atoms. The van der Waals surface area contributed by atoms with Crippen LogP contribution in [0.1, 0.15) is 11.1 Å². The molecule has 0 fully saturated rings. The number of nitrogens with one attached hydrogen (secondary N) is 1. The van der Waals surface area contributed by atoms with Crippen molar-refractivity contribution in [1.29, 1.82) is 0 Å². The summed E-state index contributed by atoms with van der Waals surface area (Å²) in [7, 11) is -2.78. The van der Waals surface area contributed by atoms with E-state index < -0.39 is 34.4 Å². The van der Waals surface area contributed by atoms with Gasteiger partial charge in [-0.25, -0.2) is 8.42 Å². The number of sulfonamides is 1. The van der Waals surface area contributed by atoms with E-state index in [1.54, 1.807) is 42.5 Å². The molecule has 2 amide bonds. The number of hydrogen-bond acceptors (Lipinski definition) is 4. The maximum Gasteiger partial charge on any atom is 0.264 e. The van der Waals surface area contributed by atoms with Gasteiger partial charge in [0.25, 0.3) is 10.0 Å². The minimum absolute atomic E-state index is 0.0290. The molecule has 0 aliphatic heterocycles. The number of halogens is 3. The van der Waals surface area contributed by atoms with E-state index in [1.807, 2.05) is 30.3 Å². The molecule has 0 bridgehead atoms. The van der Waals surface area contributed by atoms with E-state index >= 15 is 0 Å². The molecular formula is C31H28Cl3N3O4S. The monoisotopic (exact) mass is 643 g/mol. The van der Waals surface area contributed by atoms with Gasteiger partial charge in [-0.15, -0.1) is 0 Å². The predicted octanol–water partition coefficient (Wildman–Crippen LogP) is 6.23. The van der Waals surface area contributed by atoms with E-state index in [2.05, 4.69) is 5.32 Å². The van der Waals surface area contributed by atoms with Crippen LogP contribution >= 0.6 is 34.8 Å². The van der Waals surface area contributed by atoms with Crippen molar-refractivity contribution in [2.45, 2.75) is 23.9 Å². The summed E-state index contributed by atoms with van der Waals surface area (Å²) in [5.74, 6) is -1.04. The van der Waals surface area contributed by atoms with Crippen LogP contribution in [-0.4, -0.2) is 44.8 Å². The number of likely N-dealkylation sites (N-methyl/N-ethyl adjacent to an activating group) is 1. The highest BCUT2D eigenvalue weighted by Gasteiger charge is 2.34. The summed E-state index contributed by atoms with van der Waals surface area (Å²) in [6, 6.07) is 27.3. The Labute approximate surface area is 260 Å². The number of amides is 2. The zero-order valence-corrected chi connectivity index (χ0v) is 25.7. The average molecular weight is 645 g/mol. The molecule has 0 aliphatic carbocycles. The molecular weight excluding hydrogens is 617 g/mol. The van der Waals surface area contributed by atoms with Crippen molar-refractivity contribution in [1.82, 2.24) is 10.2 Å². The average Bonchev–Trinajstić information content (AvgIpc) is 2.98. The van der Waals surface area contributed by atoms with Gasteiger partial charge in [0.05, 0.1) is 10.6 Å². The van der Waals surface area contributed by atoms with E-state index in [4.69, 9.17) is 34.8 Å². The molecule has 4 aromatic carbocycles. The summed E-state index contributed by atoms with van der Waals surface area (Å²) in [4.78, 5) is 28.9. The molecule has 0 aliphatic rings. The van der Waals surface area contributed by atoms with Gasteiger partial charge >= 0.3 is 0 Å². The third kappa shape index (κ3) is 7.63. The van der Waals surface area contributed by atoms with Crippen LogP contribution in [0.4, 0.5) is 5.69 Å². The zero-order valence-electron chi connectivity index (χ0n) is 22.6. The smallest absolute Gasteiger partial charge is 0.264 e. The fourth-order valence-corrected chi connectivity index (χ4v) is 6.59. The Morgan fingerprint density at radius 1 is 0.810 bits per heavy atom. The fourth-order valence-electron chi connectivity index (χ4n) is 4.46. The van der Waals surface area contributed by atoms with Gasteiger partial charge < -0.3 is 10.2 Å². The van der Waals surface area contributed by atoms with Gasteiger partial charge in [-0.05, 0) is 47.5 Å². The number of carbonyl (C=O) groups is 2. The first-order valence-electron chi connectivity index (χ1n) is 12.9. The molecule has 0 saturated heterocycles.